The first-order valence-electron chi connectivity index (χ1n) is 10.1. The minimum Gasteiger partial charge on any atom is -0.466 e. The molecule has 0 bridgehead atoms. The average molecular weight is 456 g/mol. The Hall–Kier alpha value is -2.20. The fourth-order valence-electron chi connectivity index (χ4n) is 2.59. The van der Waals surface area contributed by atoms with Gasteiger partial charge in [-0.15, -0.1) is 0 Å². The highest BCUT2D eigenvalue weighted by Crippen LogP contribution is 2.33. The van der Waals surface area contributed by atoms with E-state index in [0.717, 1.165) is 0 Å². The number of carbonyl (C=O) groups is 1. The molecule has 2 rings (SSSR count). The molecule has 3 atom stereocenters. The third kappa shape index (κ3) is 8.10. The van der Waals surface area contributed by atoms with Crippen molar-refractivity contribution in [2.24, 2.45) is 5.41 Å². The van der Waals surface area contributed by atoms with Crippen molar-refractivity contribution in [3.8, 4) is 5.75 Å². The largest absolute Gasteiger partial charge is 0.466 e. The number of nitrogens with zero attached hydrogens (tertiary/aromatic N) is 3. The quantitative estimate of drug-likeness (QED) is 0.294. The second kappa shape index (κ2) is 12.0. The highest BCUT2D eigenvalue weighted by atomic mass is 35.5. The third-order valence-corrected chi connectivity index (χ3v) is 4.52. The number of rotatable bonds is 12. The number of ether oxygens (including phenoxy) is 2. The number of aromatic nitrogens is 3. The van der Waals surface area contributed by atoms with Gasteiger partial charge in [-0.25, -0.2) is 19.4 Å². The van der Waals surface area contributed by atoms with Gasteiger partial charge >= 0.3 is 5.97 Å². The van der Waals surface area contributed by atoms with Gasteiger partial charge in [0, 0.05) is 11.4 Å². The van der Waals surface area contributed by atoms with Gasteiger partial charge in [-0.05, 0) is 36.1 Å². The molecule has 0 aliphatic carbocycles. The van der Waals surface area contributed by atoms with Crippen LogP contribution in [-0.4, -0.2) is 51.3 Å². The molecule has 1 N–H and O–H groups in total. The van der Waals surface area contributed by atoms with Crippen LogP contribution in [0, 0.1) is 5.41 Å². The lowest BCUT2D eigenvalue weighted by atomic mass is 9.88. The molecule has 2 aromatic rings. The smallest absolute Gasteiger partial charge is 0.305 e. The zero-order valence-electron chi connectivity index (χ0n) is 18.2. The Balaban J connectivity index is 2.16. The van der Waals surface area contributed by atoms with Crippen molar-refractivity contribution in [3.05, 3.63) is 41.9 Å². The molecule has 0 saturated carbocycles. The van der Waals surface area contributed by atoms with E-state index in [0.29, 0.717) is 23.6 Å². The summed E-state index contributed by atoms with van der Waals surface area (Å²) in [4.78, 5) is 26.8. The summed E-state index contributed by atoms with van der Waals surface area (Å²) in [6.45, 7) is 7.21. The molecule has 0 fully saturated rings. The van der Waals surface area contributed by atoms with E-state index in [-0.39, 0.29) is 19.2 Å². The molecule has 3 unspecified atom stereocenters. The predicted molar refractivity (Wildman–Crippen MR) is 113 cm³/mol. The van der Waals surface area contributed by atoms with E-state index in [9.17, 15) is 9.90 Å². The summed E-state index contributed by atoms with van der Waals surface area (Å²) in [6, 6.07) is 6.89. The first kappa shape index (κ1) is 25.1. The van der Waals surface area contributed by atoms with E-state index < -0.39 is 23.9 Å². The maximum absolute atomic E-state index is 11.6. The Morgan fingerprint density at radius 3 is 2.48 bits per heavy atom. The molecule has 1 aromatic heterocycles. The second-order valence-corrected chi connectivity index (χ2v) is 8.49. The third-order valence-electron chi connectivity index (χ3n) is 4.26. The van der Waals surface area contributed by atoms with Crippen molar-refractivity contribution in [3.63, 3.8) is 0 Å². The number of carbonyl (C=O) groups excluding carboxylic acids is 1. The van der Waals surface area contributed by atoms with Gasteiger partial charge in [-0.3, -0.25) is 4.79 Å². The van der Waals surface area contributed by atoms with E-state index >= 15 is 0 Å². The summed E-state index contributed by atoms with van der Waals surface area (Å²) >= 11 is 5.97. The number of esters is 1. The standard InChI is InChI=1S/C21H30ClN3O6/c1-5-6-18(27)28-12-17(11-26)30-31-19(21(2,3)4)20(25-14-23-13-24-25)29-16-9-7-15(22)8-10-16/h7-10,13-14,17,19-20,26H,5-6,11-12H2,1-4H3. The van der Waals surface area contributed by atoms with E-state index in [1.54, 1.807) is 24.3 Å². The molecule has 172 valence electrons. The highest BCUT2D eigenvalue weighted by molar-refractivity contribution is 6.30. The van der Waals surface area contributed by atoms with Gasteiger partial charge in [0.05, 0.1) is 6.61 Å². The minimum absolute atomic E-state index is 0.127. The summed E-state index contributed by atoms with van der Waals surface area (Å²) in [7, 11) is 0. The summed E-state index contributed by atoms with van der Waals surface area (Å²) in [5.74, 6) is 0.193. The lowest BCUT2D eigenvalue weighted by Gasteiger charge is -2.35. The van der Waals surface area contributed by atoms with E-state index in [1.807, 2.05) is 27.7 Å². The van der Waals surface area contributed by atoms with Crippen molar-refractivity contribution >= 4 is 17.6 Å². The molecule has 1 aromatic carbocycles. The Morgan fingerprint density at radius 1 is 1.23 bits per heavy atom. The van der Waals surface area contributed by atoms with Crippen molar-refractivity contribution in [2.45, 2.75) is 59.0 Å². The number of benzene rings is 1. The summed E-state index contributed by atoms with van der Waals surface area (Å²) in [5, 5.41) is 14.4. The van der Waals surface area contributed by atoms with Crippen LogP contribution >= 0.6 is 11.6 Å². The highest BCUT2D eigenvalue weighted by Gasteiger charge is 2.39. The van der Waals surface area contributed by atoms with Gasteiger partial charge in [0.25, 0.3) is 0 Å². The monoisotopic (exact) mass is 455 g/mol. The summed E-state index contributed by atoms with van der Waals surface area (Å²) in [5.41, 5.74) is -0.470. The van der Waals surface area contributed by atoms with Gasteiger partial charge in [0.2, 0.25) is 6.23 Å². The van der Waals surface area contributed by atoms with Gasteiger partial charge in [0.1, 0.15) is 31.1 Å². The topological polar surface area (TPSA) is 105 Å². The van der Waals surface area contributed by atoms with Crippen LogP contribution in [0.4, 0.5) is 0 Å². The number of aliphatic hydroxyl groups excluding tert-OH is 1. The van der Waals surface area contributed by atoms with Crippen LogP contribution in [0.15, 0.2) is 36.9 Å². The molecule has 0 aliphatic rings. The van der Waals surface area contributed by atoms with Crippen LogP contribution in [0.5, 0.6) is 5.75 Å². The molecular formula is C21H30ClN3O6. The Morgan fingerprint density at radius 2 is 1.94 bits per heavy atom. The molecule has 0 aliphatic heterocycles. The summed E-state index contributed by atoms with van der Waals surface area (Å²) < 4.78 is 12.8. The number of aliphatic hydroxyl groups is 1. The second-order valence-electron chi connectivity index (χ2n) is 8.05. The van der Waals surface area contributed by atoms with E-state index in [4.69, 9.17) is 30.8 Å². The SMILES string of the molecule is CCCC(=O)OCC(CO)OOC(C(Oc1ccc(Cl)cc1)n1cncn1)C(C)(C)C. The average Bonchev–Trinajstić information content (AvgIpc) is 3.25. The van der Waals surface area contributed by atoms with Crippen LogP contribution < -0.4 is 4.74 Å². The van der Waals surface area contributed by atoms with Gasteiger partial charge in [-0.2, -0.15) is 5.10 Å². The van der Waals surface area contributed by atoms with E-state index in [1.165, 1.54) is 17.3 Å². The van der Waals surface area contributed by atoms with E-state index in [2.05, 4.69) is 10.1 Å². The van der Waals surface area contributed by atoms with Gasteiger partial charge < -0.3 is 14.6 Å². The first-order chi connectivity index (χ1) is 14.7. The molecule has 0 amide bonds. The first-order valence-corrected chi connectivity index (χ1v) is 10.5. The molecule has 0 spiro atoms. The normalized spacial score (nSPS) is 14.6. The maximum atomic E-state index is 11.6. The molecule has 0 radical (unpaired) electrons. The van der Waals surface area contributed by atoms with Crippen molar-refractivity contribution < 1.29 is 29.1 Å². The Kier molecular flexibility index (Phi) is 9.70. The van der Waals surface area contributed by atoms with Crippen LogP contribution in [0.25, 0.3) is 0 Å². The molecule has 0 saturated heterocycles. The fourth-order valence-corrected chi connectivity index (χ4v) is 2.71. The molecule has 1 heterocycles. The lowest BCUT2D eigenvalue weighted by Crippen LogP contribution is -2.42. The minimum atomic E-state index is -0.849. The molecule has 9 nitrogen and oxygen atoms in total. The summed E-state index contributed by atoms with van der Waals surface area (Å²) in [6.07, 6.45) is 1.61. The zero-order valence-corrected chi connectivity index (χ0v) is 19.0. The van der Waals surface area contributed by atoms with Crippen LogP contribution in [-0.2, 0) is 19.3 Å². The number of halogens is 1. The number of hydrogen-bond donors (Lipinski definition) is 1. The van der Waals surface area contributed by atoms with Crippen molar-refractivity contribution in [1.82, 2.24) is 14.8 Å². The maximum Gasteiger partial charge on any atom is 0.305 e. The van der Waals surface area contributed by atoms with Crippen LogP contribution in [0.1, 0.15) is 46.8 Å². The van der Waals surface area contributed by atoms with Crippen LogP contribution in [0.2, 0.25) is 5.02 Å². The molecule has 10 heteroatoms. The fraction of sp³-hybridized carbons (Fsp3) is 0.571. The molecule has 31 heavy (non-hydrogen) atoms. The Labute approximate surface area is 187 Å². The number of hydrogen-bond acceptors (Lipinski definition) is 8. The predicted octanol–water partition coefficient (Wildman–Crippen LogP) is 3.58. The molecular weight excluding hydrogens is 426 g/mol. The van der Waals surface area contributed by atoms with Crippen molar-refractivity contribution in [1.29, 1.82) is 0 Å². The lowest BCUT2D eigenvalue weighted by molar-refractivity contribution is -0.388. The van der Waals surface area contributed by atoms with Gasteiger partial charge in [0.15, 0.2) is 6.10 Å². The van der Waals surface area contributed by atoms with Crippen LogP contribution in [0.3, 0.4) is 0 Å². The van der Waals surface area contributed by atoms with Crippen molar-refractivity contribution in [2.75, 3.05) is 13.2 Å². The zero-order chi connectivity index (χ0) is 22.9. The van der Waals surface area contributed by atoms with Gasteiger partial charge in [-0.1, -0.05) is 39.3 Å². The Bertz CT molecular complexity index is 779.